The molecule has 0 aliphatic rings. The average Bonchev–Trinajstić information content (AvgIpc) is 2.62. The number of aryl methyl sites for hydroxylation is 1. The first-order valence-electron chi connectivity index (χ1n) is 7.61. The van der Waals surface area contributed by atoms with Gasteiger partial charge >= 0.3 is 5.97 Å². The highest BCUT2D eigenvalue weighted by Gasteiger charge is 2.21. The van der Waals surface area contributed by atoms with E-state index in [1.54, 1.807) is 36.4 Å². The quantitative estimate of drug-likeness (QED) is 0.847. The van der Waals surface area contributed by atoms with Crippen LogP contribution in [0, 0.1) is 18.3 Å². The van der Waals surface area contributed by atoms with Gasteiger partial charge < -0.3 is 14.8 Å². The number of hydrogen-bond acceptors (Lipinski definition) is 5. The van der Waals surface area contributed by atoms with Gasteiger partial charge in [0.25, 0.3) is 5.91 Å². The number of carbonyl (C=O) groups excluding carboxylic acids is 2. The smallest absolute Gasteiger partial charge is 0.342 e. The maximum Gasteiger partial charge on any atom is 0.342 e. The number of carbonyl (C=O) groups is 2. The Balaban J connectivity index is 2.04. The number of hydrogen-bond donors (Lipinski definition) is 1. The molecule has 0 aliphatic carbocycles. The summed E-state index contributed by atoms with van der Waals surface area (Å²) in [5.41, 5.74) is 2.15. The summed E-state index contributed by atoms with van der Waals surface area (Å²) in [7, 11) is 1.46. The highest BCUT2D eigenvalue weighted by atomic mass is 16.5. The number of nitriles is 1. The summed E-state index contributed by atoms with van der Waals surface area (Å²) in [6, 6.07) is 13.5. The minimum absolute atomic E-state index is 0.264. The Kier molecular flexibility index (Phi) is 5.75. The van der Waals surface area contributed by atoms with Crippen LogP contribution in [0.1, 0.15) is 28.4 Å². The fourth-order valence-electron chi connectivity index (χ4n) is 2.13. The Hall–Kier alpha value is -3.33. The van der Waals surface area contributed by atoms with Gasteiger partial charge in [0, 0.05) is 5.69 Å². The van der Waals surface area contributed by atoms with E-state index in [-0.39, 0.29) is 5.56 Å². The summed E-state index contributed by atoms with van der Waals surface area (Å²) in [4.78, 5) is 24.5. The predicted octanol–water partition coefficient (Wildman–Crippen LogP) is 3.06. The second kappa shape index (κ2) is 7.97. The van der Waals surface area contributed by atoms with Crippen molar-refractivity contribution < 1.29 is 19.1 Å². The van der Waals surface area contributed by atoms with Gasteiger partial charge in [-0.2, -0.15) is 5.26 Å². The average molecular weight is 338 g/mol. The summed E-state index contributed by atoms with van der Waals surface area (Å²) < 4.78 is 10.4. The van der Waals surface area contributed by atoms with E-state index >= 15 is 0 Å². The monoisotopic (exact) mass is 338 g/mol. The first-order valence-corrected chi connectivity index (χ1v) is 7.61. The molecule has 1 amide bonds. The predicted molar refractivity (Wildman–Crippen MR) is 92.4 cm³/mol. The normalized spacial score (nSPS) is 11.1. The molecule has 128 valence electrons. The van der Waals surface area contributed by atoms with E-state index in [9.17, 15) is 9.59 Å². The first-order chi connectivity index (χ1) is 11.9. The Morgan fingerprint density at radius 3 is 2.44 bits per heavy atom. The lowest BCUT2D eigenvalue weighted by Gasteiger charge is -2.15. The van der Waals surface area contributed by atoms with Crippen molar-refractivity contribution in [3.05, 3.63) is 59.2 Å². The number of anilines is 1. The topological polar surface area (TPSA) is 88.4 Å². The second-order valence-electron chi connectivity index (χ2n) is 5.43. The van der Waals surface area contributed by atoms with Crippen LogP contribution in [0.5, 0.6) is 5.75 Å². The van der Waals surface area contributed by atoms with Crippen molar-refractivity contribution in [3.8, 4) is 11.8 Å². The number of nitrogens with zero attached hydrogens (tertiary/aromatic N) is 1. The minimum Gasteiger partial charge on any atom is -0.496 e. The molecule has 1 atom stereocenters. The maximum atomic E-state index is 12.3. The Morgan fingerprint density at radius 1 is 1.16 bits per heavy atom. The lowest BCUT2D eigenvalue weighted by atomic mass is 10.1. The van der Waals surface area contributed by atoms with Crippen LogP contribution in [0.2, 0.25) is 0 Å². The van der Waals surface area contributed by atoms with E-state index < -0.39 is 18.0 Å². The fourth-order valence-corrected chi connectivity index (χ4v) is 2.13. The van der Waals surface area contributed by atoms with Crippen molar-refractivity contribution in [2.75, 3.05) is 12.4 Å². The van der Waals surface area contributed by atoms with Crippen LogP contribution < -0.4 is 10.1 Å². The standard InChI is InChI=1S/C19H18N2O4/c1-12-4-9-17(24-3)16(10-12)19(23)25-13(2)18(22)21-15-7-5-14(11-20)6-8-15/h4-10,13H,1-3H3,(H,21,22)/t13-/m1/s1. The number of methoxy groups -OCH3 is 1. The Morgan fingerprint density at radius 2 is 1.84 bits per heavy atom. The number of rotatable bonds is 5. The van der Waals surface area contributed by atoms with Crippen LogP contribution >= 0.6 is 0 Å². The van der Waals surface area contributed by atoms with Crippen molar-refractivity contribution in [3.63, 3.8) is 0 Å². The molecule has 2 aromatic carbocycles. The van der Waals surface area contributed by atoms with Crippen LogP contribution in [0.4, 0.5) is 5.69 Å². The van der Waals surface area contributed by atoms with Crippen molar-refractivity contribution in [2.45, 2.75) is 20.0 Å². The highest BCUT2D eigenvalue weighted by molar-refractivity contribution is 5.98. The van der Waals surface area contributed by atoms with E-state index in [0.29, 0.717) is 17.0 Å². The summed E-state index contributed by atoms with van der Waals surface area (Å²) >= 11 is 0. The molecule has 0 unspecified atom stereocenters. The zero-order chi connectivity index (χ0) is 18.4. The molecule has 0 heterocycles. The first kappa shape index (κ1) is 18.0. The van der Waals surface area contributed by atoms with Crippen LogP contribution in [-0.4, -0.2) is 25.1 Å². The molecule has 0 bridgehead atoms. The highest BCUT2D eigenvalue weighted by Crippen LogP contribution is 2.21. The van der Waals surface area contributed by atoms with E-state index in [1.165, 1.54) is 14.0 Å². The minimum atomic E-state index is -0.992. The van der Waals surface area contributed by atoms with Crippen LogP contribution in [-0.2, 0) is 9.53 Å². The second-order valence-corrected chi connectivity index (χ2v) is 5.43. The van der Waals surface area contributed by atoms with E-state index in [2.05, 4.69) is 5.32 Å². The maximum absolute atomic E-state index is 12.3. The third kappa shape index (κ3) is 4.58. The molecule has 0 saturated heterocycles. The summed E-state index contributed by atoms with van der Waals surface area (Å²) in [6.45, 7) is 3.33. The van der Waals surface area contributed by atoms with Gasteiger partial charge in [-0.3, -0.25) is 4.79 Å². The van der Waals surface area contributed by atoms with Crippen molar-refractivity contribution >= 4 is 17.6 Å². The Labute approximate surface area is 146 Å². The molecule has 2 rings (SSSR count). The number of benzene rings is 2. The lowest BCUT2D eigenvalue weighted by molar-refractivity contribution is -0.123. The molecule has 0 radical (unpaired) electrons. The molecule has 0 fully saturated rings. The number of nitrogens with one attached hydrogen (secondary N) is 1. The van der Waals surface area contributed by atoms with Gasteiger partial charge in [-0.1, -0.05) is 11.6 Å². The Bertz CT molecular complexity index is 822. The third-order valence-electron chi connectivity index (χ3n) is 3.51. The van der Waals surface area contributed by atoms with Gasteiger partial charge in [-0.05, 0) is 50.2 Å². The zero-order valence-corrected chi connectivity index (χ0v) is 14.2. The molecule has 0 saturated carbocycles. The molecule has 0 aromatic heterocycles. The van der Waals surface area contributed by atoms with Crippen LogP contribution in [0.3, 0.4) is 0 Å². The molecule has 0 aliphatic heterocycles. The molecule has 0 spiro atoms. The summed E-state index contributed by atoms with van der Waals surface area (Å²) in [5, 5.41) is 11.4. The fraction of sp³-hybridized carbons (Fsp3) is 0.211. The van der Waals surface area contributed by atoms with Gasteiger partial charge in [0.2, 0.25) is 0 Å². The number of ether oxygens (including phenoxy) is 2. The van der Waals surface area contributed by atoms with Gasteiger partial charge in [-0.25, -0.2) is 4.79 Å². The van der Waals surface area contributed by atoms with Gasteiger partial charge in [0.05, 0.1) is 18.7 Å². The van der Waals surface area contributed by atoms with E-state index in [1.807, 2.05) is 19.1 Å². The van der Waals surface area contributed by atoms with Crippen molar-refractivity contribution in [1.82, 2.24) is 0 Å². The van der Waals surface area contributed by atoms with Crippen LogP contribution in [0.25, 0.3) is 0 Å². The lowest BCUT2D eigenvalue weighted by Crippen LogP contribution is -2.30. The largest absolute Gasteiger partial charge is 0.496 e. The number of esters is 1. The molecular weight excluding hydrogens is 320 g/mol. The molecule has 6 heteroatoms. The van der Waals surface area contributed by atoms with Gasteiger partial charge in [-0.15, -0.1) is 0 Å². The van der Waals surface area contributed by atoms with Crippen LogP contribution in [0.15, 0.2) is 42.5 Å². The molecule has 6 nitrogen and oxygen atoms in total. The van der Waals surface area contributed by atoms with E-state index in [0.717, 1.165) is 5.56 Å². The third-order valence-corrected chi connectivity index (χ3v) is 3.51. The summed E-state index contributed by atoms with van der Waals surface area (Å²) in [6.07, 6.45) is -0.992. The summed E-state index contributed by atoms with van der Waals surface area (Å²) in [5.74, 6) is -0.719. The van der Waals surface area contributed by atoms with E-state index in [4.69, 9.17) is 14.7 Å². The molecule has 25 heavy (non-hydrogen) atoms. The van der Waals surface area contributed by atoms with Gasteiger partial charge in [0.15, 0.2) is 6.10 Å². The zero-order valence-electron chi connectivity index (χ0n) is 14.2. The van der Waals surface area contributed by atoms with Crippen molar-refractivity contribution in [1.29, 1.82) is 5.26 Å². The molecule has 2 aromatic rings. The molecule has 1 N–H and O–H groups in total. The van der Waals surface area contributed by atoms with Gasteiger partial charge in [0.1, 0.15) is 11.3 Å². The SMILES string of the molecule is COc1ccc(C)cc1C(=O)O[C@H](C)C(=O)Nc1ccc(C#N)cc1. The number of amides is 1. The molecular formula is C19H18N2O4. The van der Waals surface area contributed by atoms with Crippen molar-refractivity contribution in [2.24, 2.45) is 0 Å².